The molecule has 2 unspecified atom stereocenters. The molecule has 4 aromatic rings. The third-order valence-corrected chi connectivity index (χ3v) is 40.6. The molecule has 186 valence electrons. The summed E-state index contributed by atoms with van der Waals surface area (Å²) in [5.74, 6) is 0. The van der Waals surface area contributed by atoms with E-state index in [9.17, 15) is 0 Å². The molecule has 0 amide bonds. The summed E-state index contributed by atoms with van der Waals surface area (Å²) < 4.78 is 0.242. The first-order valence-corrected chi connectivity index (χ1v) is 24.2. The van der Waals surface area contributed by atoms with Crippen LogP contribution in [0.5, 0.6) is 0 Å². The second-order valence-electron chi connectivity index (χ2n) is 10.9. The van der Waals surface area contributed by atoms with Crippen LogP contribution in [0.4, 0.5) is 0 Å². The quantitative estimate of drug-likeness (QED) is 0.212. The molecular weight excluding hydrogens is 543 g/mol. The van der Waals surface area contributed by atoms with Crippen LogP contribution in [0.25, 0.3) is 34.1 Å². The van der Waals surface area contributed by atoms with Crippen molar-refractivity contribution in [3.63, 3.8) is 0 Å². The molecule has 4 aromatic carbocycles. The molecule has 0 saturated heterocycles. The average Bonchev–Trinajstić information content (AvgIpc) is 3.46. The van der Waals surface area contributed by atoms with Gasteiger partial charge in [-0.3, -0.25) is 0 Å². The fourth-order valence-electron chi connectivity index (χ4n) is 7.01. The van der Waals surface area contributed by atoms with Crippen LogP contribution in [0.1, 0.15) is 51.0 Å². The van der Waals surface area contributed by atoms with Crippen LogP contribution < -0.4 is 0 Å². The molecule has 4 heteroatoms. The van der Waals surface area contributed by atoms with Crippen molar-refractivity contribution >= 4 is 47.7 Å². The number of benzene rings is 4. The Hall–Kier alpha value is -1.87. The summed E-state index contributed by atoms with van der Waals surface area (Å²) in [7, 11) is 16.6. The van der Waals surface area contributed by atoms with Gasteiger partial charge in [0.15, 0.2) is 0 Å². The normalized spacial score (nSPS) is 18.9. The van der Waals surface area contributed by atoms with Gasteiger partial charge >= 0.3 is 231 Å². The average molecular weight is 575 g/mol. The van der Waals surface area contributed by atoms with Crippen LogP contribution in [0.15, 0.2) is 96.1 Å². The van der Waals surface area contributed by atoms with Crippen molar-refractivity contribution in [2.75, 3.05) is 0 Å². The molecule has 0 aliphatic heterocycles. The molecule has 0 aromatic heterocycles. The van der Waals surface area contributed by atoms with Crippen molar-refractivity contribution in [2.45, 2.75) is 41.8 Å². The zero-order valence-electron chi connectivity index (χ0n) is 21.9. The molecule has 2 atom stereocenters. The molecule has 0 spiro atoms. The van der Waals surface area contributed by atoms with E-state index in [-0.39, 0.29) is 8.45 Å². The molecule has 37 heavy (non-hydrogen) atoms. The van der Waals surface area contributed by atoms with Gasteiger partial charge < -0.3 is 0 Å². The predicted molar refractivity (Wildman–Crippen MR) is 162 cm³/mol. The van der Waals surface area contributed by atoms with Gasteiger partial charge in [0.25, 0.3) is 0 Å². The Bertz CT molecular complexity index is 1710. The van der Waals surface area contributed by atoms with E-state index in [4.69, 9.17) is 18.6 Å². The standard InChI is InChI=1S/C20H15.C11H11.C2H6Si.2ClH.Ti/c1-14-12-16-8-5-11-19(20(16)13-14)18-10-4-7-15-6-2-3-9-17(15)18;1-2-9-7-10-5-3-4-6-11(10)8-9;1-3-2;;;/h2-13H,1H3;3-8H,2H2,1H3;1-2H3;2*1H;/q;;;;;+2/p-2. The first kappa shape index (κ1) is 25.4. The van der Waals surface area contributed by atoms with Crippen molar-refractivity contribution in [3.05, 3.63) is 118 Å². The molecule has 0 saturated carbocycles. The van der Waals surface area contributed by atoms with Crippen molar-refractivity contribution in [3.8, 4) is 11.1 Å². The van der Waals surface area contributed by atoms with Crippen molar-refractivity contribution in [1.29, 1.82) is 0 Å². The van der Waals surface area contributed by atoms with Crippen molar-refractivity contribution < 1.29 is 11.9 Å². The predicted octanol–water partition coefficient (Wildman–Crippen LogP) is 10.8. The van der Waals surface area contributed by atoms with E-state index in [1.54, 1.807) is 0 Å². The second-order valence-corrected chi connectivity index (χ2v) is 37.6. The Morgan fingerprint density at radius 3 is 2.16 bits per heavy atom. The Morgan fingerprint density at radius 1 is 0.730 bits per heavy atom. The van der Waals surface area contributed by atoms with E-state index in [2.05, 4.69) is 124 Å². The van der Waals surface area contributed by atoms with Gasteiger partial charge in [-0.1, -0.05) is 0 Å². The summed E-state index contributed by atoms with van der Waals surface area (Å²) in [6, 6.07) is 30.8. The van der Waals surface area contributed by atoms with Crippen LogP contribution in [0.2, 0.25) is 13.1 Å². The van der Waals surface area contributed by atoms with E-state index < -0.39 is 18.1 Å². The number of hydrogen-bond donors (Lipinski definition) is 0. The van der Waals surface area contributed by atoms with E-state index in [0.29, 0.717) is 0 Å². The second kappa shape index (κ2) is 9.11. The first-order valence-electron chi connectivity index (χ1n) is 13.2. The molecule has 0 radical (unpaired) electrons. The van der Waals surface area contributed by atoms with Crippen molar-refractivity contribution in [2.24, 2.45) is 0 Å². The zero-order chi connectivity index (χ0) is 26.0. The molecule has 0 fully saturated rings. The summed E-state index contributed by atoms with van der Waals surface area (Å²) in [4.78, 5) is 0. The van der Waals surface area contributed by atoms with Crippen molar-refractivity contribution in [1.82, 2.24) is 0 Å². The van der Waals surface area contributed by atoms with E-state index in [1.165, 1.54) is 55.3 Å². The molecule has 0 heterocycles. The summed E-state index contributed by atoms with van der Waals surface area (Å²) in [5, 5.41) is 2.54. The van der Waals surface area contributed by atoms with Gasteiger partial charge in [-0.2, -0.15) is 0 Å². The molecular formula is C33H32Cl2SiTi. The van der Waals surface area contributed by atoms with Crippen LogP contribution in [0.3, 0.4) is 0 Å². The maximum absolute atomic E-state index is 8.28. The van der Waals surface area contributed by atoms with Crippen LogP contribution >= 0.6 is 18.6 Å². The van der Waals surface area contributed by atoms with E-state index in [1.807, 2.05) is 0 Å². The Kier molecular flexibility index (Phi) is 6.26. The molecule has 0 nitrogen and oxygen atoms in total. The van der Waals surface area contributed by atoms with E-state index in [0.717, 1.165) is 6.42 Å². The summed E-state index contributed by atoms with van der Waals surface area (Å²) in [6.45, 7) is 9.27. The molecule has 6 rings (SSSR count). The van der Waals surface area contributed by atoms with Gasteiger partial charge in [-0.15, -0.1) is 0 Å². The molecule has 0 bridgehead atoms. The summed E-state index contributed by atoms with van der Waals surface area (Å²) in [6.07, 6.45) is 4.68. The van der Waals surface area contributed by atoms with Gasteiger partial charge in [0, 0.05) is 0 Å². The molecule has 0 N–H and O–H groups in total. The van der Waals surface area contributed by atoms with Gasteiger partial charge in [0.2, 0.25) is 0 Å². The van der Waals surface area contributed by atoms with Crippen LogP contribution in [-0.4, -0.2) is 6.19 Å². The number of fused-ring (bicyclic) bond motifs is 3. The number of allylic oxidation sites excluding steroid dienone is 2. The maximum atomic E-state index is 8.28. The van der Waals surface area contributed by atoms with Gasteiger partial charge in [0.05, 0.1) is 0 Å². The third-order valence-electron chi connectivity index (χ3n) is 8.80. The van der Waals surface area contributed by atoms with E-state index >= 15 is 0 Å². The zero-order valence-corrected chi connectivity index (χ0v) is 25.9. The fraction of sp³-hybridized carbons (Fsp3) is 0.212. The monoisotopic (exact) mass is 574 g/mol. The third kappa shape index (κ3) is 3.66. The topological polar surface area (TPSA) is 0 Å². The van der Waals surface area contributed by atoms with Crippen LogP contribution in [-0.2, 0) is 11.9 Å². The number of halogens is 2. The first-order chi connectivity index (χ1) is 17.7. The van der Waals surface area contributed by atoms with Crippen LogP contribution in [0, 0.1) is 0 Å². The van der Waals surface area contributed by atoms with Gasteiger partial charge in [-0.05, 0) is 0 Å². The summed E-state index contributed by atoms with van der Waals surface area (Å²) in [5.41, 5.74) is 10.6. The van der Waals surface area contributed by atoms with Gasteiger partial charge in [-0.25, -0.2) is 0 Å². The summed E-state index contributed by atoms with van der Waals surface area (Å²) >= 11 is -4.33. The Balaban J connectivity index is 1.62. The number of hydrogen-bond acceptors (Lipinski definition) is 0. The minimum absolute atomic E-state index is 0.0975. The number of rotatable bonds is 4. The minimum atomic E-state index is -4.33. The SMILES string of the molecule is CCC1=Cc2ccccc2[CH]1[Ti]([Cl])([Cl])([CH]1C(C)=Cc2c(-c3cccc4ccccc34)cccc21)=[Si](C)C. The van der Waals surface area contributed by atoms with Gasteiger partial charge in [0.1, 0.15) is 0 Å². The molecule has 2 aliphatic carbocycles. The fourth-order valence-corrected chi connectivity index (χ4v) is 27.1. The Morgan fingerprint density at radius 2 is 1.38 bits per heavy atom. The Labute approximate surface area is 229 Å². The molecule has 2 aliphatic rings.